The number of ether oxygens (including phenoxy) is 1. The Balaban J connectivity index is 1.64. The minimum atomic E-state index is -0.161. The molecule has 128 valence electrons. The smallest absolute Gasteiger partial charge is 0.227 e. The summed E-state index contributed by atoms with van der Waals surface area (Å²) in [5, 5.41) is 9.65. The standard InChI is InChI=1S/C17H28N4O2/c1-2-12-23-15-4-3-9-21(13-15)17-18-8-5-16(19-17)20-10-6-14(22)7-11-20/h5,8,14-15,22H,2-4,6-7,9-13H2,1H3/t15-/m1/s1. The quantitative estimate of drug-likeness (QED) is 0.893. The lowest BCUT2D eigenvalue weighted by molar-refractivity contribution is 0.0437. The second-order valence-corrected chi connectivity index (χ2v) is 6.51. The molecule has 0 bridgehead atoms. The summed E-state index contributed by atoms with van der Waals surface area (Å²) in [5.74, 6) is 1.77. The minimum absolute atomic E-state index is 0.161. The number of hydrogen-bond donors (Lipinski definition) is 1. The highest BCUT2D eigenvalue weighted by molar-refractivity contribution is 5.44. The third-order valence-corrected chi connectivity index (χ3v) is 4.64. The molecule has 2 aliphatic rings. The first kappa shape index (κ1) is 16.5. The van der Waals surface area contributed by atoms with E-state index in [-0.39, 0.29) is 6.10 Å². The number of aromatic nitrogens is 2. The number of rotatable bonds is 5. The fourth-order valence-corrected chi connectivity index (χ4v) is 3.30. The number of piperidine rings is 2. The molecule has 6 nitrogen and oxygen atoms in total. The molecule has 0 spiro atoms. The molecule has 6 heteroatoms. The molecule has 2 fully saturated rings. The molecule has 1 aromatic rings. The molecule has 0 aromatic carbocycles. The average molecular weight is 320 g/mol. The van der Waals surface area contributed by atoms with Gasteiger partial charge in [-0.2, -0.15) is 4.98 Å². The number of hydrogen-bond acceptors (Lipinski definition) is 6. The Morgan fingerprint density at radius 1 is 1.22 bits per heavy atom. The maximum atomic E-state index is 9.65. The zero-order chi connectivity index (χ0) is 16.1. The molecule has 23 heavy (non-hydrogen) atoms. The Kier molecular flexibility index (Phi) is 5.67. The van der Waals surface area contributed by atoms with Crippen LogP contribution in [-0.4, -0.2) is 60.1 Å². The Bertz CT molecular complexity index is 491. The third kappa shape index (κ3) is 4.32. The van der Waals surface area contributed by atoms with E-state index in [0.717, 1.165) is 76.7 Å². The topological polar surface area (TPSA) is 61.7 Å². The van der Waals surface area contributed by atoms with E-state index in [0.29, 0.717) is 6.10 Å². The summed E-state index contributed by atoms with van der Waals surface area (Å²) in [6, 6.07) is 1.97. The molecule has 0 radical (unpaired) electrons. The van der Waals surface area contributed by atoms with Gasteiger partial charge in [0.05, 0.1) is 12.2 Å². The van der Waals surface area contributed by atoms with Gasteiger partial charge in [0.25, 0.3) is 0 Å². The largest absolute Gasteiger partial charge is 0.393 e. The van der Waals surface area contributed by atoms with Crippen LogP contribution >= 0.6 is 0 Å². The second kappa shape index (κ2) is 7.93. The van der Waals surface area contributed by atoms with E-state index in [9.17, 15) is 5.11 Å². The lowest BCUT2D eigenvalue weighted by Crippen LogP contribution is -2.41. The van der Waals surface area contributed by atoms with E-state index in [1.807, 2.05) is 12.3 Å². The summed E-state index contributed by atoms with van der Waals surface area (Å²) in [7, 11) is 0. The number of anilines is 2. The van der Waals surface area contributed by atoms with Crippen molar-refractivity contribution in [1.82, 2.24) is 9.97 Å². The van der Waals surface area contributed by atoms with Crippen molar-refractivity contribution in [2.75, 3.05) is 42.6 Å². The van der Waals surface area contributed by atoms with E-state index in [1.54, 1.807) is 0 Å². The lowest BCUT2D eigenvalue weighted by Gasteiger charge is -2.34. The molecule has 0 amide bonds. The van der Waals surface area contributed by atoms with Crippen LogP contribution in [0.25, 0.3) is 0 Å². The number of aliphatic hydroxyl groups excluding tert-OH is 1. The van der Waals surface area contributed by atoms with Crippen LogP contribution in [0.3, 0.4) is 0 Å². The van der Waals surface area contributed by atoms with Crippen molar-refractivity contribution >= 4 is 11.8 Å². The first-order chi connectivity index (χ1) is 11.3. The van der Waals surface area contributed by atoms with Crippen molar-refractivity contribution in [3.63, 3.8) is 0 Å². The summed E-state index contributed by atoms with van der Waals surface area (Å²) in [6.07, 6.45) is 6.92. The summed E-state index contributed by atoms with van der Waals surface area (Å²) < 4.78 is 5.91. The number of aliphatic hydroxyl groups is 1. The average Bonchev–Trinajstić information content (AvgIpc) is 2.61. The van der Waals surface area contributed by atoms with Crippen LogP contribution in [0.5, 0.6) is 0 Å². The fourth-order valence-electron chi connectivity index (χ4n) is 3.30. The van der Waals surface area contributed by atoms with Crippen molar-refractivity contribution in [2.24, 2.45) is 0 Å². The van der Waals surface area contributed by atoms with Crippen LogP contribution in [0.2, 0.25) is 0 Å². The van der Waals surface area contributed by atoms with Gasteiger partial charge in [-0.3, -0.25) is 0 Å². The van der Waals surface area contributed by atoms with Crippen LogP contribution in [0, 0.1) is 0 Å². The molecule has 3 heterocycles. The molecule has 1 atom stereocenters. The van der Waals surface area contributed by atoms with Gasteiger partial charge in [0, 0.05) is 39.0 Å². The molecule has 0 saturated carbocycles. The number of nitrogens with zero attached hydrogens (tertiary/aromatic N) is 4. The summed E-state index contributed by atoms with van der Waals surface area (Å²) in [4.78, 5) is 13.7. The SMILES string of the molecule is CCCO[C@@H]1CCCN(c2nccc(N3CCC(O)CC3)n2)C1. The van der Waals surface area contributed by atoms with E-state index >= 15 is 0 Å². The normalized spacial score (nSPS) is 23.3. The Labute approximate surface area is 138 Å². The van der Waals surface area contributed by atoms with Crippen LogP contribution in [0.1, 0.15) is 39.0 Å². The first-order valence-electron chi connectivity index (χ1n) is 8.89. The predicted octanol–water partition coefficient (Wildman–Crippen LogP) is 1.83. The Morgan fingerprint density at radius 3 is 2.83 bits per heavy atom. The molecule has 0 aliphatic carbocycles. The minimum Gasteiger partial charge on any atom is -0.393 e. The molecule has 2 saturated heterocycles. The van der Waals surface area contributed by atoms with Gasteiger partial charge < -0.3 is 19.6 Å². The van der Waals surface area contributed by atoms with E-state index in [1.165, 1.54) is 0 Å². The highest BCUT2D eigenvalue weighted by atomic mass is 16.5. The van der Waals surface area contributed by atoms with Crippen LogP contribution < -0.4 is 9.80 Å². The zero-order valence-corrected chi connectivity index (χ0v) is 14.0. The van der Waals surface area contributed by atoms with E-state index in [4.69, 9.17) is 9.72 Å². The van der Waals surface area contributed by atoms with E-state index < -0.39 is 0 Å². The van der Waals surface area contributed by atoms with Crippen molar-refractivity contribution < 1.29 is 9.84 Å². The third-order valence-electron chi connectivity index (χ3n) is 4.64. The molecular weight excluding hydrogens is 292 g/mol. The molecule has 0 unspecified atom stereocenters. The van der Waals surface area contributed by atoms with Gasteiger partial charge in [-0.15, -0.1) is 0 Å². The van der Waals surface area contributed by atoms with Crippen LogP contribution in [0.4, 0.5) is 11.8 Å². The summed E-state index contributed by atoms with van der Waals surface area (Å²) in [5.41, 5.74) is 0. The highest BCUT2D eigenvalue weighted by Crippen LogP contribution is 2.22. The molecular formula is C17H28N4O2. The van der Waals surface area contributed by atoms with Gasteiger partial charge in [0.15, 0.2) is 0 Å². The highest BCUT2D eigenvalue weighted by Gasteiger charge is 2.23. The Morgan fingerprint density at radius 2 is 2.04 bits per heavy atom. The fraction of sp³-hybridized carbons (Fsp3) is 0.765. The van der Waals surface area contributed by atoms with Gasteiger partial charge in [-0.1, -0.05) is 6.92 Å². The van der Waals surface area contributed by atoms with Crippen molar-refractivity contribution in [2.45, 2.75) is 51.2 Å². The summed E-state index contributed by atoms with van der Waals surface area (Å²) in [6.45, 7) is 6.56. The zero-order valence-electron chi connectivity index (χ0n) is 14.0. The van der Waals surface area contributed by atoms with Crippen molar-refractivity contribution in [3.05, 3.63) is 12.3 Å². The molecule has 2 aliphatic heterocycles. The predicted molar refractivity (Wildman–Crippen MR) is 91.0 cm³/mol. The van der Waals surface area contributed by atoms with Crippen molar-refractivity contribution in [1.29, 1.82) is 0 Å². The maximum absolute atomic E-state index is 9.65. The van der Waals surface area contributed by atoms with E-state index in [2.05, 4.69) is 21.7 Å². The van der Waals surface area contributed by atoms with Gasteiger partial charge in [-0.25, -0.2) is 4.98 Å². The van der Waals surface area contributed by atoms with Gasteiger partial charge in [-0.05, 0) is 38.2 Å². The molecule has 3 rings (SSSR count). The molecule has 1 aromatic heterocycles. The lowest BCUT2D eigenvalue weighted by atomic mass is 10.1. The van der Waals surface area contributed by atoms with Gasteiger partial charge in [0.2, 0.25) is 5.95 Å². The van der Waals surface area contributed by atoms with Crippen molar-refractivity contribution in [3.8, 4) is 0 Å². The second-order valence-electron chi connectivity index (χ2n) is 6.51. The molecule has 1 N–H and O–H groups in total. The maximum Gasteiger partial charge on any atom is 0.227 e. The summed E-state index contributed by atoms with van der Waals surface area (Å²) >= 11 is 0. The van der Waals surface area contributed by atoms with Crippen LogP contribution in [0.15, 0.2) is 12.3 Å². The first-order valence-corrected chi connectivity index (χ1v) is 8.89. The van der Waals surface area contributed by atoms with Crippen LogP contribution in [-0.2, 0) is 4.74 Å². The van der Waals surface area contributed by atoms with Gasteiger partial charge >= 0.3 is 0 Å². The Hall–Kier alpha value is -1.40. The van der Waals surface area contributed by atoms with Gasteiger partial charge in [0.1, 0.15) is 5.82 Å². The monoisotopic (exact) mass is 320 g/mol.